The SMILES string of the molecule is CC[C@H](COC)NC(=O)Nc1cc(C)ccn1. The number of aromatic nitrogens is 1. The lowest BCUT2D eigenvalue weighted by Crippen LogP contribution is -2.40. The summed E-state index contributed by atoms with van der Waals surface area (Å²) in [6.07, 6.45) is 2.49. The molecule has 0 unspecified atom stereocenters. The number of ether oxygens (including phenoxy) is 1. The van der Waals surface area contributed by atoms with Gasteiger partial charge in [0, 0.05) is 13.3 Å². The molecule has 0 bridgehead atoms. The fraction of sp³-hybridized carbons (Fsp3) is 0.500. The van der Waals surface area contributed by atoms with Crippen LogP contribution in [0.5, 0.6) is 0 Å². The Labute approximate surface area is 102 Å². The number of carbonyl (C=O) groups is 1. The molecule has 5 nitrogen and oxygen atoms in total. The highest BCUT2D eigenvalue weighted by Gasteiger charge is 2.10. The summed E-state index contributed by atoms with van der Waals surface area (Å²) in [4.78, 5) is 15.7. The molecule has 0 spiro atoms. The van der Waals surface area contributed by atoms with Crippen LogP contribution < -0.4 is 10.6 Å². The zero-order chi connectivity index (χ0) is 12.7. The van der Waals surface area contributed by atoms with Gasteiger partial charge in [-0.2, -0.15) is 0 Å². The number of hydrogen-bond donors (Lipinski definition) is 2. The third kappa shape index (κ3) is 4.82. The van der Waals surface area contributed by atoms with Crippen molar-refractivity contribution in [2.75, 3.05) is 19.0 Å². The summed E-state index contributed by atoms with van der Waals surface area (Å²) >= 11 is 0. The van der Waals surface area contributed by atoms with Gasteiger partial charge in [-0.3, -0.25) is 5.32 Å². The molecule has 1 rings (SSSR count). The average molecular weight is 237 g/mol. The van der Waals surface area contributed by atoms with E-state index in [9.17, 15) is 4.79 Å². The van der Waals surface area contributed by atoms with E-state index in [0.29, 0.717) is 12.4 Å². The molecule has 0 saturated carbocycles. The van der Waals surface area contributed by atoms with Crippen LogP contribution in [0.25, 0.3) is 0 Å². The van der Waals surface area contributed by atoms with E-state index in [1.54, 1.807) is 13.3 Å². The van der Waals surface area contributed by atoms with Crippen molar-refractivity contribution >= 4 is 11.8 Å². The number of anilines is 1. The van der Waals surface area contributed by atoms with E-state index in [0.717, 1.165) is 12.0 Å². The van der Waals surface area contributed by atoms with Crippen molar-refractivity contribution in [3.63, 3.8) is 0 Å². The number of carbonyl (C=O) groups excluding carboxylic acids is 1. The summed E-state index contributed by atoms with van der Waals surface area (Å²) in [6, 6.07) is 3.46. The Morgan fingerprint density at radius 1 is 1.59 bits per heavy atom. The highest BCUT2D eigenvalue weighted by Crippen LogP contribution is 2.05. The summed E-state index contributed by atoms with van der Waals surface area (Å²) in [5, 5.41) is 5.51. The molecular formula is C12H19N3O2. The normalized spacial score (nSPS) is 11.9. The van der Waals surface area contributed by atoms with E-state index in [2.05, 4.69) is 15.6 Å². The molecule has 0 aromatic carbocycles. The molecule has 0 fully saturated rings. The molecule has 0 radical (unpaired) electrons. The molecule has 1 heterocycles. The number of aryl methyl sites for hydroxylation is 1. The van der Waals surface area contributed by atoms with Gasteiger partial charge in [-0.25, -0.2) is 9.78 Å². The van der Waals surface area contributed by atoms with Crippen LogP contribution in [-0.4, -0.2) is 30.8 Å². The summed E-state index contributed by atoms with van der Waals surface area (Å²) < 4.78 is 5.01. The van der Waals surface area contributed by atoms with Gasteiger partial charge >= 0.3 is 6.03 Å². The van der Waals surface area contributed by atoms with Crippen LogP contribution in [-0.2, 0) is 4.74 Å². The van der Waals surface area contributed by atoms with E-state index in [1.165, 1.54) is 0 Å². The lowest BCUT2D eigenvalue weighted by molar-refractivity contribution is 0.165. The number of nitrogens with zero attached hydrogens (tertiary/aromatic N) is 1. The molecule has 2 amide bonds. The summed E-state index contributed by atoms with van der Waals surface area (Å²) in [5.41, 5.74) is 1.05. The zero-order valence-electron chi connectivity index (χ0n) is 10.5. The lowest BCUT2D eigenvalue weighted by Gasteiger charge is -2.16. The molecule has 94 valence electrons. The van der Waals surface area contributed by atoms with Crippen LogP contribution in [0.2, 0.25) is 0 Å². The van der Waals surface area contributed by atoms with Crippen molar-refractivity contribution in [3.8, 4) is 0 Å². The van der Waals surface area contributed by atoms with Crippen molar-refractivity contribution in [1.82, 2.24) is 10.3 Å². The van der Waals surface area contributed by atoms with E-state index in [4.69, 9.17) is 4.74 Å². The number of urea groups is 1. The van der Waals surface area contributed by atoms with Crippen LogP contribution in [0.4, 0.5) is 10.6 Å². The number of pyridine rings is 1. The van der Waals surface area contributed by atoms with Gasteiger partial charge in [0.2, 0.25) is 0 Å². The van der Waals surface area contributed by atoms with E-state index >= 15 is 0 Å². The number of amides is 2. The zero-order valence-corrected chi connectivity index (χ0v) is 10.5. The first-order valence-electron chi connectivity index (χ1n) is 5.64. The fourth-order valence-electron chi connectivity index (χ4n) is 1.41. The summed E-state index contributed by atoms with van der Waals surface area (Å²) in [6.45, 7) is 4.45. The molecule has 5 heteroatoms. The average Bonchev–Trinajstić information content (AvgIpc) is 2.28. The minimum Gasteiger partial charge on any atom is -0.383 e. The standard InChI is InChI=1S/C12H19N3O2/c1-4-10(8-17-3)14-12(16)15-11-7-9(2)5-6-13-11/h5-7,10H,4,8H2,1-3H3,(H2,13,14,15,16)/t10-/m1/s1. The van der Waals surface area contributed by atoms with Gasteiger partial charge in [0.1, 0.15) is 5.82 Å². The Morgan fingerprint density at radius 3 is 2.94 bits per heavy atom. The second kappa shape index (κ2) is 6.85. The Morgan fingerprint density at radius 2 is 2.35 bits per heavy atom. The van der Waals surface area contributed by atoms with Crippen molar-refractivity contribution in [2.45, 2.75) is 26.3 Å². The van der Waals surface area contributed by atoms with E-state index < -0.39 is 0 Å². The first-order chi connectivity index (χ1) is 8.15. The molecule has 17 heavy (non-hydrogen) atoms. The smallest absolute Gasteiger partial charge is 0.320 e. The van der Waals surface area contributed by atoms with Crippen LogP contribution in [0.15, 0.2) is 18.3 Å². The third-order valence-electron chi connectivity index (χ3n) is 2.35. The number of nitrogens with one attached hydrogen (secondary N) is 2. The van der Waals surface area contributed by atoms with Crippen LogP contribution in [0.1, 0.15) is 18.9 Å². The molecule has 1 atom stereocenters. The highest BCUT2D eigenvalue weighted by molar-refractivity contribution is 5.88. The maximum Gasteiger partial charge on any atom is 0.320 e. The molecule has 0 aliphatic rings. The topological polar surface area (TPSA) is 63.2 Å². The quantitative estimate of drug-likeness (QED) is 0.822. The fourth-order valence-corrected chi connectivity index (χ4v) is 1.41. The first kappa shape index (κ1) is 13.4. The Kier molecular flexibility index (Phi) is 5.42. The van der Waals surface area contributed by atoms with Crippen molar-refractivity contribution in [1.29, 1.82) is 0 Å². The summed E-state index contributed by atoms with van der Waals surface area (Å²) in [7, 11) is 1.62. The Balaban J connectivity index is 2.49. The van der Waals surface area contributed by atoms with Gasteiger partial charge in [-0.05, 0) is 31.0 Å². The van der Waals surface area contributed by atoms with Crippen molar-refractivity contribution in [2.24, 2.45) is 0 Å². The van der Waals surface area contributed by atoms with Gasteiger partial charge in [0.25, 0.3) is 0 Å². The lowest BCUT2D eigenvalue weighted by atomic mass is 10.2. The number of hydrogen-bond acceptors (Lipinski definition) is 3. The van der Waals surface area contributed by atoms with Gasteiger partial charge in [0.05, 0.1) is 12.6 Å². The first-order valence-corrected chi connectivity index (χ1v) is 5.64. The highest BCUT2D eigenvalue weighted by atomic mass is 16.5. The maximum atomic E-state index is 11.7. The molecule has 1 aromatic heterocycles. The molecular weight excluding hydrogens is 218 g/mol. The largest absolute Gasteiger partial charge is 0.383 e. The maximum absolute atomic E-state index is 11.7. The van der Waals surface area contributed by atoms with E-state index in [1.807, 2.05) is 26.0 Å². The minimum atomic E-state index is -0.257. The van der Waals surface area contributed by atoms with Crippen molar-refractivity contribution < 1.29 is 9.53 Å². The predicted octanol–water partition coefficient (Wildman–Crippen LogP) is 1.94. The van der Waals surface area contributed by atoms with Gasteiger partial charge in [0.15, 0.2) is 0 Å². The second-order valence-electron chi connectivity index (χ2n) is 3.88. The van der Waals surface area contributed by atoms with Crippen molar-refractivity contribution in [3.05, 3.63) is 23.9 Å². The predicted molar refractivity (Wildman–Crippen MR) is 67.1 cm³/mol. The minimum absolute atomic E-state index is 0.0183. The van der Waals surface area contributed by atoms with Crippen LogP contribution in [0.3, 0.4) is 0 Å². The molecule has 1 aromatic rings. The monoisotopic (exact) mass is 237 g/mol. The molecule has 0 aliphatic carbocycles. The molecule has 0 saturated heterocycles. The van der Waals surface area contributed by atoms with Crippen LogP contribution >= 0.6 is 0 Å². The number of rotatable bonds is 5. The van der Waals surface area contributed by atoms with Gasteiger partial charge < -0.3 is 10.1 Å². The van der Waals surface area contributed by atoms with Gasteiger partial charge in [-0.1, -0.05) is 6.92 Å². The van der Waals surface area contributed by atoms with E-state index in [-0.39, 0.29) is 12.1 Å². The van der Waals surface area contributed by atoms with Crippen LogP contribution in [0, 0.1) is 6.92 Å². The Bertz CT molecular complexity index is 369. The second-order valence-corrected chi connectivity index (χ2v) is 3.88. The summed E-state index contributed by atoms with van der Waals surface area (Å²) in [5.74, 6) is 0.551. The molecule has 0 aliphatic heterocycles. The van der Waals surface area contributed by atoms with Gasteiger partial charge in [-0.15, -0.1) is 0 Å². The number of methoxy groups -OCH3 is 1. The Hall–Kier alpha value is -1.62. The molecule has 2 N–H and O–H groups in total. The third-order valence-corrected chi connectivity index (χ3v) is 2.35.